The predicted octanol–water partition coefficient (Wildman–Crippen LogP) is 0.878. The molecule has 10 heteroatoms. The molecule has 0 unspecified atom stereocenters. The molecule has 0 fully saturated rings. The van der Waals surface area contributed by atoms with Crippen LogP contribution in [0.1, 0.15) is 11.6 Å². The Hall–Kier alpha value is -3.08. The fourth-order valence-electron chi connectivity index (χ4n) is 2.82. The van der Waals surface area contributed by atoms with Gasteiger partial charge in [0, 0.05) is 38.2 Å². The lowest BCUT2D eigenvalue weighted by atomic mass is 10.1. The molecule has 0 saturated heterocycles. The van der Waals surface area contributed by atoms with Gasteiger partial charge >= 0.3 is 0 Å². The first-order valence-electron chi connectivity index (χ1n) is 9.52. The van der Waals surface area contributed by atoms with Crippen LogP contribution in [0.5, 0.6) is 0 Å². The van der Waals surface area contributed by atoms with E-state index < -0.39 is 34.4 Å². The van der Waals surface area contributed by atoms with E-state index in [4.69, 9.17) is 4.74 Å². The highest BCUT2D eigenvalue weighted by molar-refractivity contribution is 7.89. The summed E-state index contributed by atoms with van der Waals surface area (Å²) >= 11 is 0. The maximum Gasteiger partial charge on any atom is 0.247 e. The zero-order chi connectivity index (χ0) is 22.7. The molecule has 2 aromatic rings. The minimum Gasteiger partial charge on any atom is -0.383 e. The molecule has 2 amide bonds. The van der Waals surface area contributed by atoms with Crippen molar-refractivity contribution >= 4 is 21.8 Å². The van der Waals surface area contributed by atoms with Crippen LogP contribution in [-0.2, 0) is 24.3 Å². The number of aromatic nitrogens is 1. The lowest BCUT2D eigenvalue weighted by Gasteiger charge is -2.30. The zero-order valence-corrected chi connectivity index (χ0v) is 18.0. The molecule has 0 saturated carbocycles. The van der Waals surface area contributed by atoms with Gasteiger partial charge in [-0.25, -0.2) is 13.1 Å². The summed E-state index contributed by atoms with van der Waals surface area (Å²) in [7, 11) is -2.37. The Morgan fingerprint density at radius 2 is 1.97 bits per heavy atom. The molecule has 0 radical (unpaired) electrons. The van der Waals surface area contributed by atoms with Crippen molar-refractivity contribution in [3.05, 3.63) is 73.1 Å². The third kappa shape index (κ3) is 6.99. The van der Waals surface area contributed by atoms with Gasteiger partial charge in [0.2, 0.25) is 21.8 Å². The molecule has 1 aromatic heterocycles. The maximum absolute atomic E-state index is 13.0. The summed E-state index contributed by atoms with van der Waals surface area (Å²) < 4.78 is 32.2. The summed E-state index contributed by atoms with van der Waals surface area (Å²) in [4.78, 5) is 31.2. The van der Waals surface area contributed by atoms with E-state index in [1.165, 1.54) is 36.4 Å². The fourth-order valence-corrected chi connectivity index (χ4v) is 3.81. The molecule has 0 aliphatic heterocycles. The third-order valence-electron chi connectivity index (χ3n) is 4.28. The highest BCUT2D eigenvalue weighted by Gasteiger charge is 2.31. The van der Waals surface area contributed by atoms with Gasteiger partial charge in [-0.2, -0.15) is 0 Å². The van der Waals surface area contributed by atoms with Crippen LogP contribution in [0.4, 0.5) is 0 Å². The van der Waals surface area contributed by atoms with Gasteiger partial charge in [0.15, 0.2) is 0 Å². The summed E-state index contributed by atoms with van der Waals surface area (Å²) in [5.74, 6) is -1.03. The zero-order valence-electron chi connectivity index (χ0n) is 17.2. The molecule has 166 valence electrons. The lowest BCUT2D eigenvalue weighted by molar-refractivity contribution is -0.139. The number of carbonyl (C=O) groups excluding carboxylic acids is 2. The van der Waals surface area contributed by atoms with E-state index >= 15 is 0 Å². The third-order valence-corrected chi connectivity index (χ3v) is 5.70. The van der Waals surface area contributed by atoms with E-state index in [1.54, 1.807) is 36.5 Å². The van der Waals surface area contributed by atoms with Crippen LogP contribution in [0.3, 0.4) is 0 Å². The van der Waals surface area contributed by atoms with Crippen molar-refractivity contribution in [3.63, 3.8) is 0 Å². The number of sulfonamides is 1. The van der Waals surface area contributed by atoms with Gasteiger partial charge in [-0.3, -0.25) is 14.6 Å². The van der Waals surface area contributed by atoms with Crippen molar-refractivity contribution in [2.75, 3.05) is 33.4 Å². The van der Waals surface area contributed by atoms with Crippen molar-refractivity contribution in [2.24, 2.45) is 0 Å². The van der Waals surface area contributed by atoms with Crippen molar-refractivity contribution in [1.82, 2.24) is 19.9 Å². The highest BCUT2D eigenvalue weighted by Crippen LogP contribution is 2.21. The minimum absolute atomic E-state index is 0.0309. The average molecular weight is 447 g/mol. The van der Waals surface area contributed by atoms with E-state index in [0.29, 0.717) is 12.2 Å². The second kappa shape index (κ2) is 11.9. The Balaban J connectivity index is 2.24. The van der Waals surface area contributed by atoms with Gasteiger partial charge < -0.3 is 15.0 Å². The topological polar surface area (TPSA) is 118 Å². The van der Waals surface area contributed by atoms with E-state index in [-0.39, 0.29) is 18.0 Å². The molecule has 0 spiro atoms. The molecule has 0 bridgehead atoms. The summed E-state index contributed by atoms with van der Waals surface area (Å²) in [5, 5.41) is 2.72. The summed E-state index contributed by atoms with van der Waals surface area (Å²) in [6.45, 7) is 3.72. The quantitative estimate of drug-likeness (QED) is 0.369. The number of rotatable bonds is 12. The van der Waals surface area contributed by atoms with Crippen LogP contribution in [0.2, 0.25) is 0 Å². The number of amides is 2. The van der Waals surface area contributed by atoms with Gasteiger partial charge in [-0.05, 0) is 18.2 Å². The monoisotopic (exact) mass is 446 g/mol. The van der Waals surface area contributed by atoms with Gasteiger partial charge in [0.1, 0.15) is 6.04 Å². The van der Waals surface area contributed by atoms with Gasteiger partial charge in [-0.1, -0.05) is 30.3 Å². The van der Waals surface area contributed by atoms with E-state index in [0.717, 1.165) is 0 Å². The molecule has 2 N–H and O–H groups in total. The number of ether oxygens (including phenoxy) is 1. The molecule has 1 aromatic carbocycles. The molecule has 1 heterocycles. The van der Waals surface area contributed by atoms with Crippen LogP contribution in [0, 0.1) is 0 Å². The van der Waals surface area contributed by atoms with Crippen LogP contribution in [0.25, 0.3) is 0 Å². The van der Waals surface area contributed by atoms with Crippen LogP contribution in [-0.4, -0.2) is 63.5 Å². The molecule has 1 atom stereocenters. The normalized spacial score (nSPS) is 12.0. The first-order valence-corrected chi connectivity index (χ1v) is 11.0. The van der Waals surface area contributed by atoms with Crippen molar-refractivity contribution in [1.29, 1.82) is 0 Å². The summed E-state index contributed by atoms with van der Waals surface area (Å²) in [6, 6.07) is 10.0. The van der Waals surface area contributed by atoms with Crippen molar-refractivity contribution in [2.45, 2.75) is 10.9 Å². The largest absolute Gasteiger partial charge is 0.383 e. The van der Waals surface area contributed by atoms with Gasteiger partial charge in [-0.15, -0.1) is 6.58 Å². The number of pyridine rings is 1. The molecule has 9 nitrogen and oxygen atoms in total. The molecular weight excluding hydrogens is 420 g/mol. The van der Waals surface area contributed by atoms with Gasteiger partial charge in [0.05, 0.1) is 18.0 Å². The van der Waals surface area contributed by atoms with Crippen molar-refractivity contribution in [3.8, 4) is 0 Å². The van der Waals surface area contributed by atoms with Crippen LogP contribution in [0.15, 0.2) is 72.4 Å². The number of benzene rings is 1. The van der Waals surface area contributed by atoms with Crippen molar-refractivity contribution < 1.29 is 22.7 Å². The lowest BCUT2D eigenvalue weighted by Crippen LogP contribution is -2.47. The van der Waals surface area contributed by atoms with E-state index in [1.807, 2.05) is 0 Å². The molecule has 0 aliphatic carbocycles. The van der Waals surface area contributed by atoms with Crippen LogP contribution >= 0.6 is 0 Å². The van der Waals surface area contributed by atoms with E-state index in [2.05, 4.69) is 21.6 Å². The Bertz CT molecular complexity index is 968. The Kier molecular flexibility index (Phi) is 9.32. The molecule has 31 heavy (non-hydrogen) atoms. The van der Waals surface area contributed by atoms with Gasteiger partial charge in [0.25, 0.3) is 0 Å². The number of nitrogens with one attached hydrogen (secondary N) is 2. The maximum atomic E-state index is 13.0. The predicted molar refractivity (Wildman–Crippen MR) is 115 cm³/mol. The Morgan fingerprint density at radius 3 is 2.58 bits per heavy atom. The molecular formula is C21H26N4O5S. The second-order valence-corrected chi connectivity index (χ2v) is 8.21. The average Bonchev–Trinajstić information content (AvgIpc) is 2.79. The molecule has 0 aliphatic rings. The fraction of sp³-hybridized carbons (Fsp3) is 0.286. The Morgan fingerprint density at radius 1 is 1.23 bits per heavy atom. The van der Waals surface area contributed by atoms with Crippen LogP contribution < -0.4 is 10.0 Å². The number of nitrogens with zero attached hydrogens (tertiary/aromatic N) is 2. The van der Waals surface area contributed by atoms with E-state index in [9.17, 15) is 18.0 Å². The SMILES string of the molecule is C=CCN(C(=O)CNS(=O)(=O)c1ccccc1)[C@@H](C(=O)NCCOC)c1cccnc1. The summed E-state index contributed by atoms with van der Waals surface area (Å²) in [5.41, 5.74) is 0.485. The standard InChI is InChI=1S/C21H26N4O5S/c1-3-13-25(19(26)16-24-31(28,29)18-9-5-4-6-10-18)20(17-8-7-11-22-15-17)21(27)23-12-14-30-2/h3-11,15,20,24H,1,12-14,16H2,2H3,(H,23,27)/t20-/m1/s1. The highest BCUT2D eigenvalue weighted by atomic mass is 32.2. The minimum atomic E-state index is -3.88. The first kappa shape index (κ1) is 24.2. The number of carbonyl (C=O) groups is 2. The smallest absolute Gasteiger partial charge is 0.247 e. The number of hydrogen-bond acceptors (Lipinski definition) is 6. The summed E-state index contributed by atoms with van der Waals surface area (Å²) in [6.07, 6.45) is 4.50. The second-order valence-electron chi connectivity index (χ2n) is 6.45. The molecule has 2 rings (SSSR count). The first-order chi connectivity index (χ1) is 14.9. The number of hydrogen-bond donors (Lipinski definition) is 2. The number of methoxy groups -OCH3 is 1. The Labute approximate surface area is 182 Å².